The van der Waals surface area contributed by atoms with Gasteiger partial charge in [-0.25, -0.2) is 0 Å². The fraction of sp³-hybridized carbons (Fsp3) is 0.737. The first-order valence-corrected chi connectivity index (χ1v) is 9.36. The molecule has 1 amide bonds. The number of carbonyl (C=O) groups excluding carboxylic acids is 1. The molecule has 1 aliphatic carbocycles. The minimum atomic E-state index is -0.654. The topological polar surface area (TPSA) is 54.7 Å². The molecular formula is C19H28N2O3. The van der Waals surface area contributed by atoms with Crippen LogP contribution in [0.25, 0.3) is 0 Å². The number of rotatable bonds is 3. The van der Waals surface area contributed by atoms with Crippen molar-refractivity contribution in [3.05, 3.63) is 24.0 Å². The standard InChI is InChI=1S/C19H28N2O3/c1-14-13-20(10-8-19(14,23)15-6-11-24-12-7-15)18(22)17-3-2-9-21(17)16-4-5-16/h2-3,9,14-16,23H,4-8,10-13H2,1H3. The number of piperidine rings is 1. The van der Waals surface area contributed by atoms with Crippen molar-refractivity contribution in [2.24, 2.45) is 11.8 Å². The Kier molecular flexibility index (Phi) is 4.17. The first kappa shape index (κ1) is 16.2. The van der Waals surface area contributed by atoms with Gasteiger partial charge in [0.15, 0.2) is 0 Å². The zero-order chi connectivity index (χ0) is 16.7. The van der Waals surface area contributed by atoms with Crippen LogP contribution in [0.2, 0.25) is 0 Å². The van der Waals surface area contributed by atoms with Crippen molar-refractivity contribution in [2.75, 3.05) is 26.3 Å². The van der Waals surface area contributed by atoms with E-state index < -0.39 is 5.60 Å². The Morgan fingerprint density at radius 2 is 2.04 bits per heavy atom. The van der Waals surface area contributed by atoms with Crippen molar-refractivity contribution in [3.8, 4) is 0 Å². The van der Waals surface area contributed by atoms with Gasteiger partial charge in [0.2, 0.25) is 0 Å². The molecule has 3 heterocycles. The molecule has 2 unspecified atom stereocenters. The van der Waals surface area contributed by atoms with Crippen LogP contribution in [0.4, 0.5) is 0 Å². The molecule has 2 saturated heterocycles. The molecule has 0 bridgehead atoms. The second-order valence-corrected chi connectivity index (χ2v) is 7.81. The summed E-state index contributed by atoms with van der Waals surface area (Å²) in [6.45, 7) is 4.87. The molecule has 5 heteroatoms. The number of aliphatic hydroxyl groups is 1. The number of hydrogen-bond acceptors (Lipinski definition) is 3. The minimum absolute atomic E-state index is 0.0997. The number of aromatic nitrogens is 1. The fourth-order valence-electron chi connectivity index (χ4n) is 4.54. The molecule has 4 rings (SSSR count). The van der Waals surface area contributed by atoms with Crippen LogP contribution in [-0.4, -0.2) is 52.4 Å². The molecule has 2 aliphatic heterocycles. The van der Waals surface area contributed by atoms with E-state index in [4.69, 9.17) is 4.74 Å². The molecule has 2 atom stereocenters. The monoisotopic (exact) mass is 332 g/mol. The van der Waals surface area contributed by atoms with E-state index in [2.05, 4.69) is 11.5 Å². The van der Waals surface area contributed by atoms with Crippen molar-refractivity contribution in [2.45, 2.75) is 50.7 Å². The Morgan fingerprint density at radius 3 is 2.71 bits per heavy atom. The van der Waals surface area contributed by atoms with Gasteiger partial charge in [-0.2, -0.15) is 0 Å². The summed E-state index contributed by atoms with van der Waals surface area (Å²) in [6.07, 6.45) is 6.91. The van der Waals surface area contributed by atoms with Crippen LogP contribution >= 0.6 is 0 Å². The summed E-state index contributed by atoms with van der Waals surface area (Å²) in [5.74, 6) is 0.518. The highest BCUT2D eigenvalue weighted by Gasteiger charge is 2.46. The van der Waals surface area contributed by atoms with Crippen LogP contribution in [0.3, 0.4) is 0 Å². The molecule has 0 aromatic carbocycles. The van der Waals surface area contributed by atoms with Gasteiger partial charge in [-0.15, -0.1) is 0 Å². The molecule has 5 nitrogen and oxygen atoms in total. The lowest BCUT2D eigenvalue weighted by molar-refractivity contribution is -0.125. The maximum atomic E-state index is 13.0. The normalized spacial score (nSPS) is 32.1. The SMILES string of the molecule is CC1CN(C(=O)c2cccn2C2CC2)CCC1(O)C1CCOCC1. The van der Waals surface area contributed by atoms with Gasteiger partial charge in [-0.05, 0) is 50.2 Å². The number of ether oxygens (including phenoxy) is 1. The molecule has 1 saturated carbocycles. The summed E-state index contributed by atoms with van der Waals surface area (Å²) >= 11 is 0. The highest BCUT2D eigenvalue weighted by Crippen LogP contribution is 2.40. The third-order valence-electron chi connectivity index (χ3n) is 6.28. The quantitative estimate of drug-likeness (QED) is 0.925. The Morgan fingerprint density at radius 1 is 1.29 bits per heavy atom. The van der Waals surface area contributed by atoms with Crippen molar-refractivity contribution in [1.29, 1.82) is 0 Å². The van der Waals surface area contributed by atoms with Crippen molar-refractivity contribution in [3.63, 3.8) is 0 Å². The average Bonchev–Trinajstić information content (AvgIpc) is 3.34. The highest BCUT2D eigenvalue weighted by atomic mass is 16.5. The number of likely N-dealkylation sites (tertiary alicyclic amines) is 1. The first-order valence-electron chi connectivity index (χ1n) is 9.36. The number of amides is 1. The van der Waals surface area contributed by atoms with Gasteiger partial charge in [0, 0.05) is 44.5 Å². The Hall–Kier alpha value is -1.33. The molecule has 132 valence electrons. The fourth-order valence-corrected chi connectivity index (χ4v) is 4.54. The highest BCUT2D eigenvalue weighted by molar-refractivity contribution is 5.93. The third-order valence-corrected chi connectivity index (χ3v) is 6.28. The van der Waals surface area contributed by atoms with Crippen LogP contribution in [0.5, 0.6) is 0 Å². The van der Waals surface area contributed by atoms with E-state index in [0.717, 1.165) is 31.7 Å². The summed E-state index contributed by atoms with van der Waals surface area (Å²) in [6, 6.07) is 4.42. The van der Waals surface area contributed by atoms with E-state index in [-0.39, 0.29) is 11.8 Å². The maximum Gasteiger partial charge on any atom is 0.270 e. The van der Waals surface area contributed by atoms with E-state index in [1.54, 1.807) is 0 Å². The number of nitrogens with zero attached hydrogens (tertiary/aromatic N) is 2. The van der Waals surface area contributed by atoms with Crippen molar-refractivity contribution >= 4 is 5.91 Å². The van der Waals surface area contributed by atoms with E-state index in [0.29, 0.717) is 31.5 Å². The lowest BCUT2D eigenvalue weighted by atomic mass is 9.70. The van der Waals surface area contributed by atoms with E-state index >= 15 is 0 Å². The molecule has 0 spiro atoms. The Labute approximate surface area is 143 Å². The largest absolute Gasteiger partial charge is 0.389 e. The Balaban J connectivity index is 1.45. The molecule has 0 radical (unpaired) electrons. The van der Waals surface area contributed by atoms with Crippen LogP contribution in [-0.2, 0) is 4.74 Å². The zero-order valence-corrected chi connectivity index (χ0v) is 14.5. The van der Waals surface area contributed by atoms with E-state index in [9.17, 15) is 9.90 Å². The van der Waals surface area contributed by atoms with Gasteiger partial charge in [-0.1, -0.05) is 6.92 Å². The van der Waals surface area contributed by atoms with Gasteiger partial charge in [0.1, 0.15) is 5.69 Å². The van der Waals surface area contributed by atoms with Crippen molar-refractivity contribution in [1.82, 2.24) is 9.47 Å². The zero-order valence-electron chi connectivity index (χ0n) is 14.5. The molecule has 1 N–H and O–H groups in total. The molecular weight excluding hydrogens is 304 g/mol. The predicted molar refractivity (Wildman–Crippen MR) is 90.9 cm³/mol. The first-order chi connectivity index (χ1) is 11.6. The Bertz CT molecular complexity index is 604. The lowest BCUT2D eigenvalue weighted by Gasteiger charge is -2.48. The molecule has 1 aromatic rings. The average molecular weight is 332 g/mol. The summed E-state index contributed by atoms with van der Waals surface area (Å²) < 4.78 is 7.57. The van der Waals surface area contributed by atoms with Gasteiger partial charge >= 0.3 is 0 Å². The number of hydrogen-bond donors (Lipinski definition) is 1. The van der Waals surface area contributed by atoms with Gasteiger partial charge in [-0.3, -0.25) is 4.79 Å². The molecule has 24 heavy (non-hydrogen) atoms. The molecule has 3 aliphatic rings. The summed E-state index contributed by atoms with van der Waals surface area (Å²) in [7, 11) is 0. The van der Waals surface area contributed by atoms with Crippen LogP contribution in [0.1, 0.15) is 55.6 Å². The van der Waals surface area contributed by atoms with Gasteiger partial charge < -0.3 is 19.3 Å². The minimum Gasteiger partial charge on any atom is -0.389 e. The van der Waals surface area contributed by atoms with Crippen LogP contribution in [0.15, 0.2) is 18.3 Å². The molecule has 1 aromatic heterocycles. The second-order valence-electron chi connectivity index (χ2n) is 7.81. The molecule has 3 fully saturated rings. The summed E-state index contributed by atoms with van der Waals surface area (Å²) in [5, 5.41) is 11.2. The van der Waals surface area contributed by atoms with Crippen LogP contribution in [0, 0.1) is 11.8 Å². The van der Waals surface area contributed by atoms with E-state index in [1.807, 2.05) is 23.2 Å². The maximum absolute atomic E-state index is 13.0. The smallest absolute Gasteiger partial charge is 0.270 e. The summed E-state index contributed by atoms with van der Waals surface area (Å²) in [4.78, 5) is 14.9. The van der Waals surface area contributed by atoms with E-state index in [1.165, 1.54) is 12.8 Å². The second kappa shape index (κ2) is 6.19. The van der Waals surface area contributed by atoms with Crippen molar-refractivity contribution < 1.29 is 14.6 Å². The number of carbonyl (C=O) groups is 1. The van der Waals surface area contributed by atoms with Gasteiger partial charge in [0.05, 0.1) is 5.60 Å². The van der Waals surface area contributed by atoms with Crippen LogP contribution < -0.4 is 0 Å². The van der Waals surface area contributed by atoms with Gasteiger partial charge in [0.25, 0.3) is 5.91 Å². The lowest BCUT2D eigenvalue weighted by Crippen LogP contribution is -2.57. The predicted octanol–water partition coefficient (Wildman–Crippen LogP) is 2.46. The third kappa shape index (κ3) is 2.78. The summed E-state index contributed by atoms with van der Waals surface area (Å²) in [5.41, 5.74) is 0.153.